The summed E-state index contributed by atoms with van der Waals surface area (Å²) in [6.45, 7) is 4.26. The molecule has 1 saturated carbocycles. The average molecular weight is 360 g/mol. The number of fused-ring (bicyclic) bond motifs is 1. The van der Waals surface area contributed by atoms with Crippen LogP contribution in [0.2, 0.25) is 0 Å². The molecule has 2 saturated heterocycles. The predicted octanol–water partition coefficient (Wildman–Crippen LogP) is 2.59. The normalized spacial score (nSPS) is 32.5. The van der Waals surface area contributed by atoms with E-state index >= 15 is 0 Å². The van der Waals surface area contributed by atoms with Crippen molar-refractivity contribution in [2.24, 2.45) is 5.41 Å². The number of hydrogen-bond donors (Lipinski definition) is 0. The first-order chi connectivity index (χ1) is 12.4. The van der Waals surface area contributed by atoms with E-state index < -0.39 is 5.82 Å². The van der Waals surface area contributed by atoms with Crippen LogP contribution in [0.25, 0.3) is 0 Å². The summed E-state index contributed by atoms with van der Waals surface area (Å²) in [6.07, 6.45) is 3.91. The molecule has 0 unspecified atom stereocenters. The number of hydrogen-bond acceptors (Lipinski definition) is 3. The van der Waals surface area contributed by atoms with Crippen LogP contribution in [-0.4, -0.2) is 52.9 Å². The summed E-state index contributed by atoms with van der Waals surface area (Å²) >= 11 is 0. The highest BCUT2D eigenvalue weighted by atomic mass is 19.1. The molecule has 3 aliphatic rings. The second-order valence-electron chi connectivity index (χ2n) is 8.02. The molecule has 4 atom stereocenters. The molecule has 5 nitrogen and oxygen atoms in total. The Balaban J connectivity index is 1.54. The molecule has 2 bridgehead atoms. The summed E-state index contributed by atoms with van der Waals surface area (Å²) in [4.78, 5) is 29.0. The van der Waals surface area contributed by atoms with Crippen molar-refractivity contribution in [2.45, 2.75) is 57.7 Å². The van der Waals surface area contributed by atoms with E-state index in [1.807, 2.05) is 9.80 Å². The van der Waals surface area contributed by atoms with Gasteiger partial charge in [0.15, 0.2) is 18.2 Å². The number of likely N-dealkylation sites (tertiary alicyclic amines) is 2. The van der Waals surface area contributed by atoms with Crippen molar-refractivity contribution < 1.29 is 18.7 Å². The molecule has 26 heavy (non-hydrogen) atoms. The molecular formula is C20H25FN2O3. The van der Waals surface area contributed by atoms with Crippen molar-refractivity contribution in [3.8, 4) is 5.75 Å². The Morgan fingerprint density at radius 3 is 2.73 bits per heavy atom. The number of ether oxygens (including phenoxy) is 1. The van der Waals surface area contributed by atoms with E-state index in [1.165, 1.54) is 12.1 Å². The topological polar surface area (TPSA) is 49.9 Å². The third-order valence-electron chi connectivity index (χ3n) is 6.55. The fraction of sp³-hybridized carbons (Fsp3) is 0.600. The molecule has 1 aromatic carbocycles. The third-order valence-corrected chi connectivity index (χ3v) is 6.55. The van der Waals surface area contributed by atoms with Crippen LogP contribution in [0.3, 0.4) is 0 Å². The highest BCUT2D eigenvalue weighted by Gasteiger charge is 2.61. The van der Waals surface area contributed by atoms with Crippen LogP contribution in [0.15, 0.2) is 24.3 Å². The van der Waals surface area contributed by atoms with E-state index in [2.05, 4.69) is 6.92 Å². The van der Waals surface area contributed by atoms with Crippen molar-refractivity contribution in [1.29, 1.82) is 0 Å². The van der Waals surface area contributed by atoms with Crippen molar-refractivity contribution in [2.75, 3.05) is 13.2 Å². The Morgan fingerprint density at radius 2 is 2.00 bits per heavy atom. The van der Waals surface area contributed by atoms with E-state index in [0.717, 1.165) is 25.7 Å². The van der Waals surface area contributed by atoms with Gasteiger partial charge in [-0.2, -0.15) is 0 Å². The first-order valence-corrected chi connectivity index (χ1v) is 9.37. The first-order valence-electron chi connectivity index (χ1n) is 9.37. The Bertz CT molecular complexity index is 740. The molecule has 2 amide bonds. The molecule has 0 N–H and O–H groups in total. The molecule has 3 fully saturated rings. The third kappa shape index (κ3) is 2.58. The highest BCUT2D eigenvalue weighted by molar-refractivity contribution is 5.80. The summed E-state index contributed by atoms with van der Waals surface area (Å²) < 4.78 is 19.2. The molecule has 140 valence electrons. The fourth-order valence-corrected chi connectivity index (χ4v) is 5.50. The number of rotatable bonds is 3. The van der Waals surface area contributed by atoms with E-state index in [0.29, 0.717) is 6.54 Å². The van der Waals surface area contributed by atoms with Gasteiger partial charge in [0.2, 0.25) is 5.91 Å². The molecule has 2 heterocycles. The van der Waals surface area contributed by atoms with Crippen LogP contribution in [0, 0.1) is 11.2 Å². The first kappa shape index (κ1) is 17.3. The quantitative estimate of drug-likeness (QED) is 0.833. The van der Waals surface area contributed by atoms with Gasteiger partial charge in [-0.15, -0.1) is 0 Å². The second-order valence-corrected chi connectivity index (χ2v) is 8.02. The van der Waals surface area contributed by atoms with Crippen molar-refractivity contribution >= 4 is 11.8 Å². The summed E-state index contributed by atoms with van der Waals surface area (Å²) in [6, 6.07) is 6.49. The fourth-order valence-electron chi connectivity index (χ4n) is 5.50. The van der Waals surface area contributed by atoms with Gasteiger partial charge in [0.1, 0.15) is 0 Å². The van der Waals surface area contributed by atoms with Crippen LogP contribution >= 0.6 is 0 Å². The minimum Gasteiger partial charge on any atom is -0.481 e. The molecule has 0 aromatic heterocycles. The summed E-state index contributed by atoms with van der Waals surface area (Å²) in [7, 11) is 0. The van der Waals surface area contributed by atoms with Gasteiger partial charge in [0, 0.05) is 31.0 Å². The summed E-state index contributed by atoms with van der Waals surface area (Å²) in [5, 5.41) is 0. The lowest BCUT2D eigenvalue weighted by molar-refractivity contribution is -0.138. The smallest absolute Gasteiger partial charge is 0.261 e. The lowest BCUT2D eigenvalue weighted by Gasteiger charge is -2.49. The van der Waals surface area contributed by atoms with E-state index in [-0.39, 0.29) is 47.7 Å². The van der Waals surface area contributed by atoms with E-state index in [9.17, 15) is 14.0 Å². The second kappa shape index (κ2) is 6.25. The zero-order valence-corrected chi connectivity index (χ0v) is 15.3. The van der Waals surface area contributed by atoms with Crippen molar-refractivity contribution in [1.82, 2.24) is 9.80 Å². The maximum Gasteiger partial charge on any atom is 0.261 e. The van der Waals surface area contributed by atoms with Crippen LogP contribution in [0.4, 0.5) is 4.39 Å². The minimum atomic E-state index is -0.465. The lowest BCUT2D eigenvalue weighted by Crippen LogP contribution is -2.57. The molecular weight excluding hydrogens is 335 g/mol. The van der Waals surface area contributed by atoms with Crippen molar-refractivity contribution in [3.63, 3.8) is 0 Å². The number of carbonyl (C=O) groups excluding carboxylic acids is 2. The van der Waals surface area contributed by atoms with Crippen LogP contribution in [0.5, 0.6) is 5.75 Å². The zero-order chi connectivity index (χ0) is 18.5. The average Bonchev–Trinajstić information content (AvgIpc) is 2.90. The van der Waals surface area contributed by atoms with E-state index in [4.69, 9.17) is 4.74 Å². The standard InChI is InChI=1S/C20H25FN2O3/c1-13(24)22-11-14-10-20(2)17(22)8-5-9-18(20)23(14)19(25)12-26-16-7-4-3-6-15(16)21/h3-4,6-7,14,17-18H,5,8-12H2,1-2H3/t14-,17+,18-,20+/m0/s1. The minimum absolute atomic E-state index is 0.0278. The summed E-state index contributed by atoms with van der Waals surface area (Å²) in [5.74, 6) is -0.393. The number of carbonyl (C=O) groups is 2. The maximum absolute atomic E-state index is 13.7. The number of amides is 2. The van der Waals surface area contributed by atoms with Gasteiger partial charge >= 0.3 is 0 Å². The monoisotopic (exact) mass is 360 g/mol. The van der Waals surface area contributed by atoms with Crippen molar-refractivity contribution in [3.05, 3.63) is 30.1 Å². The summed E-state index contributed by atoms with van der Waals surface area (Å²) in [5.41, 5.74) is -0.0551. The highest BCUT2D eigenvalue weighted by Crippen LogP contribution is 2.54. The van der Waals surface area contributed by atoms with Gasteiger partial charge in [0.05, 0.1) is 6.04 Å². The van der Waals surface area contributed by atoms with Crippen LogP contribution in [0.1, 0.15) is 39.5 Å². The lowest BCUT2D eigenvalue weighted by atomic mass is 9.66. The molecule has 0 radical (unpaired) electrons. The van der Waals surface area contributed by atoms with Gasteiger partial charge in [-0.05, 0) is 37.8 Å². The Labute approximate surface area is 153 Å². The van der Waals surface area contributed by atoms with E-state index in [1.54, 1.807) is 19.1 Å². The van der Waals surface area contributed by atoms with Gasteiger partial charge in [-0.3, -0.25) is 9.59 Å². The molecule has 6 heteroatoms. The molecule has 1 aliphatic carbocycles. The SMILES string of the molecule is CC(=O)N1C[C@@H]2C[C@@]3(C)[C@H](CCC[C@@H]13)N2C(=O)COc1ccccc1F. The molecule has 1 aromatic rings. The maximum atomic E-state index is 13.7. The number of para-hydroxylation sites is 1. The van der Waals surface area contributed by atoms with Crippen LogP contribution < -0.4 is 4.74 Å². The Morgan fingerprint density at radius 1 is 1.27 bits per heavy atom. The Hall–Kier alpha value is -2.11. The number of benzene rings is 1. The van der Waals surface area contributed by atoms with Gasteiger partial charge in [-0.1, -0.05) is 19.1 Å². The zero-order valence-electron chi connectivity index (χ0n) is 15.3. The van der Waals surface area contributed by atoms with Gasteiger partial charge < -0.3 is 14.5 Å². The number of piperidine rings is 1. The largest absolute Gasteiger partial charge is 0.481 e. The van der Waals surface area contributed by atoms with Crippen LogP contribution in [-0.2, 0) is 9.59 Å². The van der Waals surface area contributed by atoms with Gasteiger partial charge in [-0.25, -0.2) is 4.39 Å². The number of nitrogens with zero attached hydrogens (tertiary/aromatic N) is 2. The molecule has 0 spiro atoms. The predicted molar refractivity (Wildman–Crippen MR) is 94.1 cm³/mol. The molecule has 4 rings (SSSR count). The Kier molecular flexibility index (Phi) is 4.16. The molecule has 2 aliphatic heterocycles. The van der Waals surface area contributed by atoms with Gasteiger partial charge in [0.25, 0.3) is 5.91 Å². The number of halogens is 1.